The average molecular weight is 218 g/mol. The first-order valence-electron chi connectivity index (χ1n) is 2.15. The summed E-state index contributed by atoms with van der Waals surface area (Å²) in [7, 11) is 0. The molecule has 9 heavy (non-hydrogen) atoms. The van der Waals surface area contributed by atoms with Crippen molar-refractivity contribution >= 4 is 6.09 Å². The average Bonchev–Trinajstić information content (AvgIpc) is 2.12. The van der Waals surface area contributed by atoms with Gasteiger partial charge in [0.2, 0.25) is 0 Å². The first-order valence-corrected chi connectivity index (χ1v) is 2.15. The van der Waals surface area contributed by atoms with Crippen molar-refractivity contribution < 1.29 is 32.3 Å². The summed E-state index contributed by atoms with van der Waals surface area (Å²) in [6.07, 6.45) is 1.62. The number of nitrogens with zero attached hydrogens (tertiary/aromatic N) is 1. The molecule has 1 heterocycles. The van der Waals surface area contributed by atoms with Crippen LogP contribution >= 0.6 is 0 Å². The summed E-state index contributed by atoms with van der Waals surface area (Å²) in [5.74, 6) is 0. The Kier molecular flexibility index (Phi) is 3.30. The fourth-order valence-corrected chi connectivity index (χ4v) is 0.456. The van der Waals surface area contributed by atoms with Gasteiger partial charge in [0.05, 0.1) is 0 Å². The van der Waals surface area contributed by atoms with Crippen LogP contribution < -0.4 is 5.11 Å². The third-order valence-electron chi connectivity index (χ3n) is 0.815. The van der Waals surface area contributed by atoms with Gasteiger partial charge < -0.3 is 14.5 Å². The molecule has 0 saturated heterocycles. The van der Waals surface area contributed by atoms with E-state index in [9.17, 15) is 9.90 Å². The van der Waals surface area contributed by atoms with Crippen LogP contribution in [-0.4, -0.2) is 10.7 Å². The van der Waals surface area contributed by atoms with Crippen molar-refractivity contribution in [2.45, 2.75) is 0 Å². The first kappa shape index (κ1) is 8.49. The summed E-state index contributed by atoms with van der Waals surface area (Å²) in [6.45, 7) is 0. The minimum absolute atomic E-state index is 0. The van der Waals surface area contributed by atoms with Crippen LogP contribution in [0.5, 0.6) is 0 Å². The molecular formula is C5H4AgNO2. The molecule has 0 bridgehead atoms. The predicted molar refractivity (Wildman–Crippen MR) is 25.2 cm³/mol. The molecule has 0 radical (unpaired) electrons. The molecule has 0 fully saturated rings. The van der Waals surface area contributed by atoms with E-state index in [-0.39, 0.29) is 22.4 Å². The van der Waals surface area contributed by atoms with Crippen molar-refractivity contribution in [2.75, 3.05) is 0 Å². The normalized spacial score (nSPS) is 8.00. The molecule has 1 aromatic heterocycles. The van der Waals surface area contributed by atoms with Gasteiger partial charge in [-0.05, 0) is 12.1 Å². The standard InChI is InChI=1S/C5H5NO2.Ag/c7-5(8)6-3-1-2-4-6;/h1-4H,(H,7,8);/q;+1/p-1. The van der Waals surface area contributed by atoms with Crippen LogP contribution in [0.2, 0.25) is 0 Å². The van der Waals surface area contributed by atoms with E-state index in [2.05, 4.69) is 0 Å². The van der Waals surface area contributed by atoms with Crippen molar-refractivity contribution in [1.29, 1.82) is 0 Å². The molecule has 1 rings (SSSR count). The molecule has 3 nitrogen and oxygen atoms in total. The Balaban J connectivity index is 0.000000640. The van der Waals surface area contributed by atoms with Gasteiger partial charge in [-0.25, -0.2) is 0 Å². The van der Waals surface area contributed by atoms with E-state index in [1.54, 1.807) is 12.1 Å². The summed E-state index contributed by atoms with van der Waals surface area (Å²) in [6, 6.07) is 3.24. The molecule has 0 aliphatic heterocycles. The zero-order valence-electron chi connectivity index (χ0n) is 4.37. The number of carbonyl (C=O) groups is 1. The molecule has 0 unspecified atom stereocenters. The Morgan fingerprint density at radius 3 is 2.00 bits per heavy atom. The predicted octanol–water partition coefficient (Wildman–Crippen LogP) is -0.323. The van der Waals surface area contributed by atoms with Crippen LogP contribution in [0.25, 0.3) is 0 Å². The van der Waals surface area contributed by atoms with Crippen molar-refractivity contribution in [3.8, 4) is 0 Å². The fourth-order valence-electron chi connectivity index (χ4n) is 0.456. The van der Waals surface area contributed by atoms with Crippen LogP contribution in [-0.2, 0) is 22.4 Å². The molecule has 1 aromatic rings. The molecule has 0 aromatic carbocycles. The van der Waals surface area contributed by atoms with Crippen molar-refractivity contribution in [3.05, 3.63) is 24.5 Å². The van der Waals surface area contributed by atoms with Crippen LogP contribution in [0.3, 0.4) is 0 Å². The SMILES string of the molecule is O=C([O-])n1cccc1.[Ag+]. The van der Waals surface area contributed by atoms with Gasteiger partial charge in [-0.1, -0.05) is 0 Å². The maximum absolute atomic E-state index is 9.91. The molecular weight excluding hydrogens is 214 g/mol. The minimum Gasteiger partial charge on any atom is -0.529 e. The quantitative estimate of drug-likeness (QED) is 0.560. The zero-order chi connectivity index (χ0) is 5.98. The summed E-state index contributed by atoms with van der Waals surface area (Å²) in [4.78, 5) is 9.91. The number of hydrogen-bond donors (Lipinski definition) is 0. The molecule has 0 atom stereocenters. The number of carbonyl (C=O) groups excluding carboxylic acids is 1. The zero-order valence-corrected chi connectivity index (χ0v) is 5.86. The number of carboxylic acid groups (broad SMARTS) is 1. The molecule has 0 saturated carbocycles. The van der Waals surface area contributed by atoms with Gasteiger partial charge in [-0.3, -0.25) is 0 Å². The summed E-state index contributed by atoms with van der Waals surface area (Å²) < 4.78 is 0.972. The van der Waals surface area contributed by atoms with E-state index >= 15 is 0 Å². The maximum atomic E-state index is 9.91. The monoisotopic (exact) mass is 217 g/mol. The maximum Gasteiger partial charge on any atom is 1.00 e. The number of hydrogen-bond acceptors (Lipinski definition) is 2. The van der Waals surface area contributed by atoms with Crippen LogP contribution in [0.15, 0.2) is 24.5 Å². The van der Waals surface area contributed by atoms with Crippen LogP contribution in [0.1, 0.15) is 0 Å². The topological polar surface area (TPSA) is 45.1 Å². The van der Waals surface area contributed by atoms with Gasteiger partial charge in [0.15, 0.2) is 0 Å². The Morgan fingerprint density at radius 2 is 1.78 bits per heavy atom. The third kappa shape index (κ3) is 2.05. The van der Waals surface area contributed by atoms with Crippen molar-refractivity contribution in [1.82, 2.24) is 4.57 Å². The van der Waals surface area contributed by atoms with Gasteiger partial charge >= 0.3 is 22.4 Å². The first-order chi connectivity index (χ1) is 3.80. The van der Waals surface area contributed by atoms with Crippen molar-refractivity contribution in [3.63, 3.8) is 0 Å². The molecule has 4 heteroatoms. The van der Waals surface area contributed by atoms with E-state index in [4.69, 9.17) is 0 Å². The summed E-state index contributed by atoms with van der Waals surface area (Å²) in [5.41, 5.74) is 0. The van der Waals surface area contributed by atoms with Gasteiger partial charge in [-0.2, -0.15) is 0 Å². The molecule has 0 aliphatic carbocycles. The van der Waals surface area contributed by atoms with Gasteiger partial charge in [-0.15, -0.1) is 0 Å². The summed E-state index contributed by atoms with van der Waals surface area (Å²) in [5, 5.41) is 9.91. The second-order valence-electron chi connectivity index (χ2n) is 1.36. The van der Waals surface area contributed by atoms with Crippen molar-refractivity contribution in [2.24, 2.45) is 0 Å². The molecule has 0 N–H and O–H groups in total. The second-order valence-corrected chi connectivity index (χ2v) is 1.36. The Morgan fingerprint density at radius 1 is 1.33 bits per heavy atom. The van der Waals surface area contributed by atoms with Crippen LogP contribution in [0.4, 0.5) is 4.79 Å². The van der Waals surface area contributed by atoms with E-state index in [1.165, 1.54) is 12.4 Å². The summed E-state index contributed by atoms with van der Waals surface area (Å²) >= 11 is 0. The van der Waals surface area contributed by atoms with Gasteiger partial charge in [0.1, 0.15) is 6.09 Å². The largest absolute Gasteiger partial charge is 1.00 e. The second kappa shape index (κ2) is 3.50. The van der Waals surface area contributed by atoms with Crippen LogP contribution in [0, 0.1) is 0 Å². The Bertz CT molecular complexity index is 183. The number of aromatic nitrogens is 1. The molecule has 0 amide bonds. The van der Waals surface area contributed by atoms with Gasteiger partial charge in [0.25, 0.3) is 0 Å². The van der Waals surface area contributed by atoms with E-state index in [1.807, 2.05) is 0 Å². The molecule has 0 spiro atoms. The Hall–Kier alpha value is -0.510. The van der Waals surface area contributed by atoms with Gasteiger partial charge in [0, 0.05) is 12.4 Å². The molecule has 52 valence electrons. The van der Waals surface area contributed by atoms with E-state index in [0.717, 1.165) is 4.57 Å². The third-order valence-corrected chi connectivity index (χ3v) is 0.815. The Labute approximate surface area is 67.8 Å². The number of rotatable bonds is 0. The van der Waals surface area contributed by atoms with E-state index in [0.29, 0.717) is 0 Å². The fraction of sp³-hybridized carbons (Fsp3) is 0. The molecule has 0 aliphatic rings. The minimum atomic E-state index is -1.20. The van der Waals surface area contributed by atoms with E-state index < -0.39 is 6.09 Å². The smallest absolute Gasteiger partial charge is 0.529 e.